The van der Waals surface area contributed by atoms with Gasteiger partial charge in [-0.2, -0.15) is 0 Å². The number of piperidine rings is 1. The highest BCUT2D eigenvalue weighted by Crippen LogP contribution is 2.30. The van der Waals surface area contributed by atoms with Gasteiger partial charge < -0.3 is 15.0 Å². The van der Waals surface area contributed by atoms with Gasteiger partial charge in [0.15, 0.2) is 0 Å². The van der Waals surface area contributed by atoms with Gasteiger partial charge in [0, 0.05) is 24.8 Å². The molecule has 1 heterocycles. The summed E-state index contributed by atoms with van der Waals surface area (Å²) in [5, 5.41) is 2.63. The minimum absolute atomic E-state index is 0.665. The Balaban J connectivity index is 2.20. The number of anilines is 2. The van der Waals surface area contributed by atoms with Crippen molar-refractivity contribution >= 4 is 17.8 Å². The van der Waals surface area contributed by atoms with Crippen LogP contribution in [0.1, 0.15) is 19.3 Å². The van der Waals surface area contributed by atoms with Crippen LogP contribution in [0.15, 0.2) is 18.2 Å². The van der Waals surface area contributed by atoms with Crippen molar-refractivity contribution in [3.8, 4) is 5.75 Å². The number of rotatable bonds is 4. The van der Waals surface area contributed by atoms with E-state index in [1.54, 1.807) is 7.11 Å². The molecule has 4 nitrogen and oxygen atoms in total. The van der Waals surface area contributed by atoms with Crippen LogP contribution in [0.25, 0.3) is 0 Å². The molecule has 0 radical (unpaired) electrons. The summed E-state index contributed by atoms with van der Waals surface area (Å²) in [6.45, 7) is 2.20. The number of amides is 1. The van der Waals surface area contributed by atoms with Gasteiger partial charge in [0.25, 0.3) is 0 Å². The van der Waals surface area contributed by atoms with E-state index in [1.165, 1.54) is 19.3 Å². The van der Waals surface area contributed by atoms with Gasteiger partial charge in [-0.25, -0.2) is 0 Å². The Morgan fingerprint density at radius 2 is 2.06 bits per heavy atom. The van der Waals surface area contributed by atoms with Crippen molar-refractivity contribution in [3.05, 3.63) is 18.2 Å². The summed E-state index contributed by atoms with van der Waals surface area (Å²) >= 11 is 0. The number of ether oxygens (including phenoxy) is 1. The van der Waals surface area contributed by atoms with Crippen LogP contribution < -0.4 is 15.0 Å². The van der Waals surface area contributed by atoms with E-state index in [9.17, 15) is 4.79 Å². The molecule has 1 amide bonds. The lowest BCUT2D eigenvalue weighted by Gasteiger charge is -2.29. The van der Waals surface area contributed by atoms with Crippen LogP contribution in [0.2, 0.25) is 0 Å². The lowest BCUT2D eigenvalue weighted by molar-refractivity contribution is -0.105. The number of methoxy groups -OCH3 is 1. The van der Waals surface area contributed by atoms with Crippen LogP contribution in [0.4, 0.5) is 11.4 Å². The largest absolute Gasteiger partial charge is 0.494 e. The summed E-state index contributed by atoms with van der Waals surface area (Å²) in [6, 6.07) is 5.90. The predicted octanol–water partition coefficient (Wildman–Crippen LogP) is 2.25. The Bertz CT molecular complexity index is 387. The van der Waals surface area contributed by atoms with Crippen molar-refractivity contribution in [3.63, 3.8) is 0 Å². The van der Waals surface area contributed by atoms with Crippen molar-refractivity contribution in [1.29, 1.82) is 0 Å². The monoisotopic (exact) mass is 234 g/mol. The molecule has 0 saturated carbocycles. The topological polar surface area (TPSA) is 41.6 Å². The first-order chi connectivity index (χ1) is 8.35. The summed E-state index contributed by atoms with van der Waals surface area (Å²) in [7, 11) is 1.62. The van der Waals surface area contributed by atoms with E-state index in [1.807, 2.05) is 18.2 Å². The number of benzene rings is 1. The molecule has 0 aromatic heterocycles. The van der Waals surface area contributed by atoms with Crippen LogP contribution >= 0.6 is 0 Å². The normalized spacial score (nSPS) is 15.5. The van der Waals surface area contributed by atoms with Gasteiger partial charge in [0.05, 0.1) is 12.8 Å². The van der Waals surface area contributed by atoms with E-state index in [2.05, 4.69) is 10.2 Å². The molecule has 0 unspecified atom stereocenters. The summed E-state index contributed by atoms with van der Waals surface area (Å²) in [4.78, 5) is 12.8. The zero-order valence-corrected chi connectivity index (χ0v) is 10.1. The van der Waals surface area contributed by atoms with Crippen molar-refractivity contribution in [1.82, 2.24) is 0 Å². The number of nitrogens with zero attached hydrogens (tertiary/aromatic N) is 1. The molecule has 0 bridgehead atoms. The Kier molecular flexibility index (Phi) is 3.85. The molecule has 1 saturated heterocycles. The second-order valence-electron chi connectivity index (χ2n) is 4.19. The van der Waals surface area contributed by atoms with E-state index < -0.39 is 0 Å². The average Bonchev–Trinajstić information content (AvgIpc) is 2.40. The lowest BCUT2D eigenvalue weighted by Crippen LogP contribution is -2.29. The molecule has 17 heavy (non-hydrogen) atoms. The molecule has 1 aliphatic heterocycles. The molecule has 0 aliphatic carbocycles. The lowest BCUT2D eigenvalue weighted by atomic mass is 10.1. The molecular weight excluding hydrogens is 216 g/mol. The third-order valence-electron chi connectivity index (χ3n) is 3.12. The molecule has 1 aromatic carbocycles. The van der Waals surface area contributed by atoms with Gasteiger partial charge in [-0.1, -0.05) is 0 Å². The van der Waals surface area contributed by atoms with Gasteiger partial charge in [0.2, 0.25) is 6.41 Å². The fourth-order valence-electron chi connectivity index (χ4n) is 2.21. The Hall–Kier alpha value is -1.71. The summed E-state index contributed by atoms with van der Waals surface area (Å²) in [6.07, 6.45) is 4.48. The fraction of sp³-hybridized carbons (Fsp3) is 0.462. The smallest absolute Gasteiger partial charge is 0.211 e. The number of carbonyl (C=O) groups excluding carboxylic acids is 1. The van der Waals surface area contributed by atoms with Gasteiger partial charge >= 0.3 is 0 Å². The fourth-order valence-corrected chi connectivity index (χ4v) is 2.21. The van der Waals surface area contributed by atoms with Crippen LogP contribution in [0.3, 0.4) is 0 Å². The van der Waals surface area contributed by atoms with Crippen molar-refractivity contribution in [2.24, 2.45) is 0 Å². The number of carbonyl (C=O) groups is 1. The molecule has 0 spiro atoms. The van der Waals surface area contributed by atoms with E-state index in [0.717, 1.165) is 18.8 Å². The predicted molar refractivity (Wildman–Crippen MR) is 68.7 cm³/mol. The van der Waals surface area contributed by atoms with Crippen LogP contribution in [0, 0.1) is 0 Å². The molecule has 2 rings (SSSR count). The Morgan fingerprint density at radius 3 is 2.71 bits per heavy atom. The molecule has 1 fully saturated rings. The molecule has 92 valence electrons. The van der Waals surface area contributed by atoms with E-state index in [0.29, 0.717) is 17.8 Å². The molecule has 1 aromatic rings. The first-order valence-corrected chi connectivity index (χ1v) is 5.98. The first kappa shape index (κ1) is 11.8. The standard InChI is InChI=1S/C13H18N2O2/c1-17-13-9-11(5-6-12(13)14-10-16)15-7-3-2-4-8-15/h5-6,9-10H,2-4,7-8H2,1H3,(H,14,16). The van der Waals surface area contributed by atoms with Crippen molar-refractivity contribution in [2.45, 2.75) is 19.3 Å². The van der Waals surface area contributed by atoms with Crippen LogP contribution in [-0.4, -0.2) is 26.6 Å². The average molecular weight is 234 g/mol. The van der Waals surface area contributed by atoms with Crippen molar-refractivity contribution in [2.75, 3.05) is 30.4 Å². The van der Waals surface area contributed by atoms with E-state index >= 15 is 0 Å². The molecule has 1 N–H and O–H groups in total. The number of hydrogen-bond acceptors (Lipinski definition) is 3. The zero-order valence-electron chi connectivity index (χ0n) is 10.1. The SMILES string of the molecule is COc1cc(N2CCCCC2)ccc1NC=O. The minimum Gasteiger partial charge on any atom is -0.494 e. The maximum absolute atomic E-state index is 10.5. The van der Waals surface area contributed by atoms with Gasteiger partial charge in [-0.3, -0.25) is 4.79 Å². The van der Waals surface area contributed by atoms with Crippen molar-refractivity contribution < 1.29 is 9.53 Å². The molecule has 1 aliphatic rings. The third kappa shape index (κ3) is 2.70. The summed E-state index contributed by atoms with van der Waals surface area (Å²) in [5.41, 5.74) is 1.88. The second-order valence-corrected chi connectivity index (χ2v) is 4.19. The molecule has 0 atom stereocenters. The summed E-state index contributed by atoms with van der Waals surface area (Å²) in [5.74, 6) is 0.708. The minimum atomic E-state index is 0.665. The quantitative estimate of drug-likeness (QED) is 0.812. The maximum atomic E-state index is 10.5. The van der Waals surface area contributed by atoms with Gasteiger partial charge in [-0.05, 0) is 31.4 Å². The molecule has 4 heteroatoms. The van der Waals surface area contributed by atoms with E-state index in [-0.39, 0.29) is 0 Å². The van der Waals surface area contributed by atoms with Crippen LogP contribution in [-0.2, 0) is 4.79 Å². The van der Waals surface area contributed by atoms with E-state index in [4.69, 9.17) is 4.74 Å². The Morgan fingerprint density at radius 1 is 1.29 bits per heavy atom. The van der Waals surface area contributed by atoms with Gasteiger partial charge in [-0.15, -0.1) is 0 Å². The van der Waals surface area contributed by atoms with Crippen LogP contribution in [0.5, 0.6) is 5.75 Å². The first-order valence-electron chi connectivity index (χ1n) is 5.98. The highest BCUT2D eigenvalue weighted by Gasteiger charge is 2.12. The number of hydrogen-bond donors (Lipinski definition) is 1. The zero-order chi connectivity index (χ0) is 12.1. The Labute approximate surface area is 102 Å². The third-order valence-corrected chi connectivity index (χ3v) is 3.12. The van der Waals surface area contributed by atoms with Gasteiger partial charge in [0.1, 0.15) is 5.75 Å². The summed E-state index contributed by atoms with van der Waals surface area (Å²) < 4.78 is 5.28. The maximum Gasteiger partial charge on any atom is 0.211 e. The highest BCUT2D eigenvalue weighted by molar-refractivity contribution is 5.77. The highest BCUT2D eigenvalue weighted by atomic mass is 16.5. The second kappa shape index (κ2) is 5.57. The number of nitrogens with one attached hydrogen (secondary N) is 1. The molecular formula is C13H18N2O2.